The molecule has 5 rings (SSSR count). The van der Waals surface area contributed by atoms with Crippen molar-refractivity contribution in [3.8, 4) is 11.3 Å². The van der Waals surface area contributed by atoms with Gasteiger partial charge in [-0.05, 0) is 64.0 Å². The number of halogens is 3. The monoisotopic (exact) mass is 951 g/mol. The van der Waals surface area contributed by atoms with Gasteiger partial charge >= 0.3 is 6.18 Å². The van der Waals surface area contributed by atoms with E-state index in [0.717, 1.165) is 36.8 Å². The fourth-order valence-corrected chi connectivity index (χ4v) is 9.12. The minimum absolute atomic E-state index is 0. The second-order valence-corrected chi connectivity index (χ2v) is 19.0. The molecule has 0 aliphatic carbocycles. The fourth-order valence-electron chi connectivity index (χ4n) is 7.86. The number of thiophene rings is 1. The Bertz CT molecular complexity index is 2100. The smallest absolute Gasteiger partial charge is 0.394 e. The zero-order chi connectivity index (χ0) is 40.5. The molecule has 0 saturated carbocycles. The van der Waals surface area contributed by atoms with Crippen molar-refractivity contribution in [1.82, 2.24) is 4.98 Å². The Kier molecular flexibility index (Phi) is 15.2. The van der Waals surface area contributed by atoms with Crippen LogP contribution in [0.3, 0.4) is 0 Å². The molecule has 0 aliphatic rings. The van der Waals surface area contributed by atoms with Crippen LogP contribution in [0, 0.1) is 47.0 Å². The van der Waals surface area contributed by atoms with Gasteiger partial charge in [-0.1, -0.05) is 131 Å². The number of rotatable bonds is 10. The molecular formula is C47H59F3IrNO2S-. The molecule has 2 heterocycles. The molecule has 3 aromatic carbocycles. The van der Waals surface area contributed by atoms with Crippen molar-refractivity contribution in [2.75, 3.05) is 0 Å². The fraction of sp³-hybridized carbons (Fsp3) is 0.489. The first-order chi connectivity index (χ1) is 24.9. The number of benzene rings is 3. The van der Waals surface area contributed by atoms with E-state index in [1.165, 1.54) is 30.9 Å². The summed E-state index contributed by atoms with van der Waals surface area (Å²) in [5.74, 6) is 1.63. The molecule has 3 nitrogen and oxygen atoms in total. The summed E-state index contributed by atoms with van der Waals surface area (Å²) < 4.78 is 42.4. The second-order valence-electron chi connectivity index (χ2n) is 17.9. The Labute approximate surface area is 344 Å². The van der Waals surface area contributed by atoms with Gasteiger partial charge in [0, 0.05) is 59.3 Å². The maximum atomic E-state index is 13.5. The minimum atomic E-state index is -4.25. The van der Waals surface area contributed by atoms with Gasteiger partial charge < -0.3 is 5.11 Å². The van der Waals surface area contributed by atoms with Gasteiger partial charge in [-0.15, -0.1) is 40.5 Å². The number of ketones is 1. The number of hydrogen-bond donors (Lipinski definition) is 1. The van der Waals surface area contributed by atoms with Crippen LogP contribution in [0.25, 0.3) is 42.2 Å². The van der Waals surface area contributed by atoms with Crippen molar-refractivity contribution in [3.63, 3.8) is 0 Å². The summed E-state index contributed by atoms with van der Waals surface area (Å²) >= 11 is 1.59. The summed E-state index contributed by atoms with van der Waals surface area (Å²) in [6, 6.07) is 21.7. The van der Waals surface area contributed by atoms with E-state index in [0.29, 0.717) is 29.2 Å². The second kappa shape index (κ2) is 18.0. The molecular weight excluding hydrogens is 892 g/mol. The molecule has 0 amide bonds. The zero-order valence-electron chi connectivity index (χ0n) is 34.7. The first-order valence-electron chi connectivity index (χ1n) is 19.2. The van der Waals surface area contributed by atoms with Crippen LogP contribution in [0.1, 0.15) is 101 Å². The van der Waals surface area contributed by atoms with Crippen molar-refractivity contribution in [2.45, 2.75) is 108 Å². The number of fused-ring (bicyclic) bond motifs is 4. The first-order valence-corrected chi connectivity index (χ1v) is 20.0. The van der Waals surface area contributed by atoms with Crippen LogP contribution >= 0.6 is 11.3 Å². The average Bonchev–Trinajstić information content (AvgIpc) is 3.40. The number of nitrogens with zero attached hydrogens (tertiary/aromatic N) is 1. The summed E-state index contributed by atoms with van der Waals surface area (Å²) in [7, 11) is 0. The van der Waals surface area contributed by atoms with E-state index in [9.17, 15) is 23.1 Å². The van der Waals surface area contributed by atoms with Gasteiger partial charge in [0.05, 0.1) is 11.2 Å². The maximum Gasteiger partial charge on any atom is 0.394 e. The van der Waals surface area contributed by atoms with Crippen molar-refractivity contribution < 1.29 is 43.2 Å². The Balaban J connectivity index is 0.000000349. The topological polar surface area (TPSA) is 50.2 Å². The summed E-state index contributed by atoms with van der Waals surface area (Å²) in [4.78, 5) is 17.1. The molecule has 1 N–H and O–H groups in total. The Morgan fingerprint density at radius 3 is 1.93 bits per heavy atom. The molecule has 5 aromatic rings. The molecule has 0 atom stereocenters. The molecule has 0 bridgehead atoms. The Morgan fingerprint density at radius 2 is 1.38 bits per heavy atom. The standard InChI is InChI=1S/C30H27F3NS.C17H32O2.Ir/c1-28(2,3)24-16-20(15-19-8-6-7-9-21(19)24)26-27-23(12-13-34-26)22-11-10-18(14-25(22)35-27)17-29(4,5)30(31,32)33;1-10(2)16(11(3)4)14(18)9-15(19)17(12(5)6)13(7)8;/h6-14,16H,17H2,1-5H3;9-13,16-18H,1-8H3;/q-1;;/b;14-9-;. The molecule has 0 saturated heterocycles. The summed E-state index contributed by atoms with van der Waals surface area (Å²) in [5, 5.41) is 14.6. The molecule has 0 aliphatic heterocycles. The number of aromatic nitrogens is 1. The van der Waals surface area contributed by atoms with Gasteiger partial charge in [-0.2, -0.15) is 13.2 Å². The predicted octanol–water partition coefficient (Wildman–Crippen LogP) is 14.3. The predicted molar refractivity (Wildman–Crippen MR) is 223 cm³/mol. The van der Waals surface area contributed by atoms with E-state index in [-0.39, 0.29) is 55.3 Å². The molecule has 0 unspecified atom stereocenters. The van der Waals surface area contributed by atoms with E-state index >= 15 is 0 Å². The Hall–Kier alpha value is -3.06. The largest absolute Gasteiger partial charge is 0.512 e. The van der Waals surface area contributed by atoms with Crippen LogP contribution in [-0.2, 0) is 36.7 Å². The normalized spacial score (nSPS) is 13.2. The SMILES string of the molecule is CC(C)(C)c1cc(-c2nccc3c2sc2cc(CC(C)(C)C(F)(F)F)ccc23)[c-]c2ccccc12.CC(C)C(C(=O)/C=C(\O)C(C(C)C)C(C)C)C(C)C.[Ir]. The van der Waals surface area contributed by atoms with E-state index in [2.05, 4.69) is 100 Å². The average molecular weight is 951 g/mol. The summed E-state index contributed by atoms with van der Waals surface area (Å²) in [6.07, 6.45) is -1.02. The van der Waals surface area contributed by atoms with E-state index in [1.54, 1.807) is 11.3 Å². The van der Waals surface area contributed by atoms with Crippen LogP contribution < -0.4 is 0 Å². The van der Waals surface area contributed by atoms with Gasteiger partial charge in [-0.3, -0.25) is 9.78 Å². The third-order valence-corrected chi connectivity index (χ3v) is 11.7. The van der Waals surface area contributed by atoms with E-state index in [4.69, 9.17) is 4.98 Å². The number of aliphatic hydroxyl groups excluding tert-OH is 1. The van der Waals surface area contributed by atoms with Crippen LogP contribution in [-0.4, -0.2) is 22.1 Å². The van der Waals surface area contributed by atoms with Crippen LogP contribution in [0.15, 0.2) is 72.6 Å². The molecule has 2 aromatic heterocycles. The van der Waals surface area contributed by atoms with Gasteiger partial charge in [0.25, 0.3) is 0 Å². The maximum absolute atomic E-state index is 13.5. The van der Waals surface area contributed by atoms with Gasteiger partial charge in [0.2, 0.25) is 0 Å². The van der Waals surface area contributed by atoms with Crippen molar-refractivity contribution >= 4 is 48.1 Å². The molecule has 55 heavy (non-hydrogen) atoms. The number of alkyl halides is 3. The number of carbonyl (C=O) groups is 1. The summed E-state index contributed by atoms with van der Waals surface area (Å²) in [6.45, 7) is 25.7. The van der Waals surface area contributed by atoms with E-state index < -0.39 is 11.6 Å². The van der Waals surface area contributed by atoms with Gasteiger partial charge in [0.15, 0.2) is 5.78 Å². The number of allylic oxidation sites excluding steroid dienone is 2. The Morgan fingerprint density at radius 1 is 0.800 bits per heavy atom. The number of hydrogen-bond acceptors (Lipinski definition) is 4. The molecule has 0 spiro atoms. The molecule has 8 heteroatoms. The van der Waals surface area contributed by atoms with Gasteiger partial charge in [0.1, 0.15) is 0 Å². The third-order valence-electron chi connectivity index (χ3n) is 10.5. The quantitative estimate of drug-likeness (QED) is 0.0862. The van der Waals surface area contributed by atoms with Crippen molar-refractivity contribution in [3.05, 3.63) is 89.8 Å². The summed E-state index contributed by atoms with van der Waals surface area (Å²) in [5.41, 5.74) is 1.87. The third kappa shape index (κ3) is 10.7. The van der Waals surface area contributed by atoms with Crippen LogP contribution in [0.4, 0.5) is 13.2 Å². The number of carbonyl (C=O) groups excluding carboxylic acids is 1. The molecule has 1 radical (unpaired) electrons. The van der Waals surface area contributed by atoms with Crippen LogP contribution in [0.5, 0.6) is 0 Å². The minimum Gasteiger partial charge on any atom is -0.512 e. The van der Waals surface area contributed by atoms with Crippen LogP contribution in [0.2, 0.25) is 0 Å². The number of pyridine rings is 1. The molecule has 0 fully saturated rings. The van der Waals surface area contributed by atoms with Crippen molar-refractivity contribution in [1.29, 1.82) is 0 Å². The first kappa shape index (κ1) is 46.3. The zero-order valence-corrected chi connectivity index (χ0v) is 37.9. The van der Waals surface area contributed by atoms with Crippen molar-refractivity contribution in [2.24, 2.45) is 40.9 Å². The number of aliphatic hydroxyl groups is 1. The van der Waals surface area contributed by atoms with E-state index in [1.807, 2.05) is 42.6 Å². The molecule has 301 valence electrons. The van der Waals surface area contributed by atoms with Gasteiger partial charge in [-0.25, -0.2) is 0 Å².